The highest BCUT2D eigenvalue weighted by Gasteiger charge is 2.27. The second kappa shape index (κ2) is 8.44. The summed E-state index contributed by atoms with van der Waals surface area (Å²) in [6, 6.07) is 3.26. The van der Waals surface area contributed by atoms with E-state index >= 15 is 0 Å². The Balaban J connectivity index is 3.26. The molecule has 1 atom stereocenters. The second-order valence-corrected chi connectivity index (χ2v) is 8.04. The van der Waals surface area contributed by atoms with Crippen molar-refractivity contribution in [2.75, 3.05) is 13.1 Å². The minimum atomic E-state index is -3.70. The molecule has 0 saturated heterocycles. The number of aliphatic carboxylic acids is 1. The van der Waals surface area contributed by atoms with Crippen molar-refractivity contribution in [1.29, 1.82) is 0 Å². The number of hydrogen-bond donors (Lipinski definition) is 2. The fourth-order valence-corrected chi connectivity index (χ4v) is 3.94. The van der Waals surface area contributed by atoms with Crippen LogP contribution in [0.15, 0.2) is 23.1 Å². The average molecular weight is 370 g/mol. The van der Waals surface area contributed by atoms with Crippen LogP contribution in [0.5, 0.6) is 0 Å². The number of hydrogen-bond acceptors (Lipinski definition) is 4. The highest BCUT2D eigenvalue weighted by atomic mass is 32.2. The summed E-state index contributed by atoms with van der Waals surface area (Å²) in [5.41, 5.74) is 0.726. The molecule has 7 nitrogen and oxygen atoms in total. The molecule has 1 aromatic rings. The maximum Gasteiger partial charge on any atom is 0.326 e. The zero-order chi connectivity index (χ0) is 19.4. The molecular formula is C17H26N2O5S. The van der Waals surface area contributed by atoms with E-state index in [4.69, 9.17) is 0 Å². The number of aryl methyl sites for hydroxylation is 1. The van der Waals surface area contributed by atoms with E-state index in [2.05, 4.69) is 5.32 Å². The number of nitrogens with one attached hydrogen (secondary N) is 1. The van der Waals surface area contributed by atoms with E-state index in [-0.39, 0.29) is 16.4 Å². The van der Waals surface area contributed by atoms with Crippen LogP contribution in [0.1, 0.15) is 43.6 Å². The molecule has 0 aliphatic heterocycles. The first-order valence-electron chi connectivity index (χ1n) is 8.20. The van der Waals surface area contributed by atoms with Gasteiger partial charge >= 0.3 is 5.97 Å². The maximum atomic E-state index is 12.6. The molecule has 0 radical (unpaired) electrons. The molecule has 1 aromatic carbocycles. The lowest BCUT2D eigenvalue weighted by molar-refractivity contribution is -0.140. The topological polar surface area (TPSA) is 104 Å². The molecule has 0 fully saturated rings. The van der Waals surface area contributed by atoms with Gasteiger partial charge in [0.25, 0.3) is 5.91 Å². The number of rotatable bonds is 8. The molecule has 1 amide bonds. The first kappa shape index (κ1) is 21.1. The van der Waals surface area contributed by atoms with Crippen molar-refractivity contribution in [3.8, 4) is 0 Å². The van der Waals surface area contributed by atoms with Crippen molar-refractivity contribution >= 4 is 21.9 Å². The Morgan fingerprint density at radius 2 is 1.76 bits per heavy atom. The summed E-state index contributed by atoms with van der Waals surface area (Å²) >= 11 is 0. The zero-order valence-electron chi connectivity index (χ0n) is 15.2. The van der Waals surface area contributed by atoms with Crippen LogP contribution in [0, 0.1) is 12.8 Å². The second-order valence-electron chi connectivity index (χ2n) is 6.10. The first-order chi connectivity index (χ1) is 11.6. The fraction of sp³-hybridized carbons (Fsp3) is 0.529. The highest BCUT2D eigenvalue weighted by molar-refractivity contribution is 7.89. The Hall–Kier alpha value is -1.93. The summed E-state index contributed by atoms with van der Waals surface area (Å²) in [6.45, 7) is 9.17. The first-order valence-corrected chi connectivity index (χ1v) is 9.64. The van der Waals surface area contributed by atoms with Crippen molar-refractivity contribution in [3.63, 3.8) is 0 Å². The van der Waals surface area contributed by atoms with Gasteiger partial charge in [0.1, 0.15) is 6.04 Å². The third-order valence-corrected chi connectivity index (χ3v) is 6.06. The van der Waals surface area contributed by atoms with Crippen LogP contribution >= 0.6 is 0 Å². The molecule has 0 spiro atoms. The van der Waals surface area contributed by atoms with Crippen molar-refractivity contribution in [1.82, 2.24) is 9.62 Å². The Bertz CT molecular complexity index is 739. The van der Waals surface area contributed by atoms with Crippen molar-refractivity contribution in [3.05, 3.63) is 29.3 Å². The van der Waals surface area contributed by atoms with Gasteiger partial charge in [0, 0.05) is 18.7 Å². The summed E-state index contributed by atoms with van der Waals surface area (Å²) in [5, 5.41) is 11.7. The summed E-state index contributed by atoms with van der Waals surface area (Å²) in [5.74, 6) is -2.03. The number of amides is 1. The van der Waals surface area contributed by atoms with Crippen LogP contribution in [0.25, 0.3) is 0 Å². The lowest BCUT2D eigenvalue weighted by Crippen LogP contribution is -2.44. The van der Waals surface area contributed by atoms with Gasteiger partial charge in [0.05, 0.1) is 4.90 Å². The van der Waals surface area contributed by atoms with Gasteiger partial charge in [-0.05, 0) is 30.5 Å². The van der Waals surface area contributed by atoms with E-state index in [0.717, 1.165) is 0 Å². The Morgan fingerprint density at radius 3 is 2.20 bits per heavy atom. The van der Waals surface area contributed by atoms with E-state index < -0.39 is 27.9 Å². The van der Waals surface area contributed by atoms with Gasteiger partial charge in [-0.15, -0.1) is 0 Å². The summed E-state index contributed by atoms with van der Waals surface area (Å²) < 4.78 is 26.5. The molecule has 1 unspecified atom stereocenters. The van der Waals surface area contributed by atoms with Crippen molar-refractivity contribution < 1.29 is 23.1 Å². The van der Waals surface area contributed by atoms with E-state index in [1.165, 1.54) is 16.4 Å². The number of benzene rings is 1. The maximum absolute atomic E-state index is 12.6. The van der Waals surface area contributed by atoms with Gasteiger partial charge in [-0.2, -0.15) is 4.31 Å². The number of carboxylic acid groups (broad SMARTS) is 1. The van der Waals surface area contributed by atoms with Crippen LogP contribution in [-0.2, 0) is 14.8 Å². The lowest BCUT2D eigenvalue weighted by atomic mass is 10.0. The molecule has 0 heterocycles. The minimum absolute atomic E-state index is 0.0170. The number of carbonyl (C=O) groups is 2. The lowest BCUT2D eigenvalue weighted by Gasteiger charge is -2.21. The van der Waals surface area contributed by atoms with E-state index in [1.807, 2.05) is 0 Å². The molecule has 2 N–H and O–H groups in total. The Morgan fingerprint density at radius 1 is 1.20 bits per heavy atom. The van der Waals surface area contributed by atoms with Gasteiger partial charge in [0.2, 0.25) is 10.0 Å². The zero-order valence-corrected chi connectivity index (χ0v) is 16.1. The molecular weight excluding hydrogens is 344 g/mol. The number of nitrogens with zero attached hydrogens (tertiary/aromatic N) is 1. The molecule has 140 valence electrons. The number of sulfonamides is 1. The molecule has 0 aliphatic rings. The van der Waals surface area contributed by atoms with Crippen molar-refractivity contribution in [2.45, 2.75) is 45.6 Å². The molecule has 0 aromatic heterocycles. The Labute approximate surface area is 149 Å². The van der Waals surface area contributed by atoms with Crippen molar-refractivity contribution in [2.24, 2.45) is 5.92 Å². The molecule has 0 saturated carbocycles. The summed E-state index contributed by atoms with van der Waals surface area (Å²) in [6.07, 6.45) is 0. The van der Waals surface area contributed by atoms with E-state index in [9.17, 15) is 23.1 Å². The molecule has 25 heavy (non-hydrogen) atoms. The SMILES string of the molecule is CCN(CC)S(=O)(=O)c1ccc(C)c(C(=O)NC(C(=O)O)C(C)C)c1. The standard InChI is InChI=1S/C17H26N2O5S/c1-6-19(7-2)25(23,24)13-9-8-12(5)14(10-13)16(20)18-15(11(3)4)17(21)22/h8-11,15H,6-7H2,1-5H3,(H,18,20)(H,21,22). The van der Waals surface area contributed by atoms with E-state index in [1.54, 1.807) is 40.7 Å². The van der Waals surface area contributed by atoms with Gasteiger partial charge < -0.3 is 10.4 Å². The molecule has 8 heteroatoms. The van der Waals surface area contributed by atoms with Gasteiger partial charge in [-0.25, -0.2) is 13.2 Å². The van der Waals surface area contributed by atoms with Crippen LogP contribution < -0.4 is 5.32 Å². The van der Waals surface area contributed by atoms with Gasteiger partial charge in [-0.3, -0.25) is 4.79 Å². The summed E-state index contributed by atoms with van der Waals surface area (Å²) in [4.78, 5) is 23.8. The minimum Gasteiger partial charge on any atom is -0.480 e. The monoisotopic (exact) mass is 370 g/mol. The highest BCUT2D eigenvalue weighted by Crippen LogP contribution is 2.20. The summed E-state index contributed by atoms with van der Waals surface area (Å²) in [7, 11) is -3.70. The third-order valence-electron chi connectivity index (χ3n) is 4.02. The van der Waals surface area contributed by atoms with Gasteiger partial charge in [-0.1, -0.05) is 33.8 Å². The predicted molar refractivity (Wildman–Crippen MR) is 95.0 cm³/mol. The van der Waals surface area contributed by atoms with Crippen LogP contribution in [0.4, 0.5) is 0 Å². The van der Waals surface area contributed by atoms with Crippen LogP contribution in [0.3, 0.4) is 0 Å². The van der Waals surface area contributed by atoms with E-state index in [0.29, 0.717) is 18.7 Å². The Kier molecular flexibility index (Phi) is 7.13. The largest absolute Gasteiger partial charge is 0.480 e. The van der Waals surface area contributed by atoms with Crippen LogP contribution in [-0.4, -0.2) is 48.8 Å². The quantitative estimate of drug-likeness (QED) is 0.727. The molecule has 0 bridgehead atoms. The number of carboxylic acids is 1. The normalized spacial score (nSPS) is 13.1. The fourth-order valence-electron chi connectivity index (χ4n) is 2.45. The molecule has 0 aliphatic carbocycles. The van der Waals surface area contributed by atoms with Crippen LogP contribution in [0.2, 0.25) is 0 Å². The number of carbonyl (C=O) groups excluding carboxylic acids is 1. The predicted octanol–water partition coefficient (Wildman–Crippen LogP) is 1.86. The smallest absolute Gasteiger partial charge is 0.326 e. The molecule has 1 rings (SSSR count). The third kappa shape index (κ3) is 4.79. The average Bonchev–Trinajstić information content (AvgIpc) is 2.52. The van der Waals surface area contributed by atoms with Gasteiger partial charge in [0.15, 0.2) is 0 Å².